The topological polar surface area (TPSA) is 82.3 Å². The van der Waals surface area contributed by atoms with Gasteiger partial charge in [0.1, 0.15) is 0 Å². The van der Waals surface area contributed by atoms with Crippen LogP contribution in [0, 0.1) is 0 Å². The molecule has 1 aromatic heterocycles. The van der Waals surface area contributed by atoms with E-state index in [1.54, 1.807) is 32.4 Å². The minimum Gasteiger partial charge on any atom is -0.493 e. The SMILES string of the molecule is COc1cccc(/C=N/NC(=O)c2cc3cccc(OC)c3o2)c1OC(C)C. The lowest BCUT2D eigenvalue weighted by Gasteiger charge is -2.15. The van der Waals surface area contributed by atoms with E-state index in [0.717, 1.165) is 5.39 Å². The summed E-state index contributed by atoms with van der Waals surface area (Å²) >= 11 is 0. The summed E-state index contributed by atoms with van der Waals surface area (Å²) < 4.78 is 22.0. The molecule has 28 heavy (non-hydrogen) atoms. The van der Waals surface area contributed by atoms with Crippen molar-refractivity contribution in [3.05, 3.63) is 53.8 Å². The van der Waals surface area contributed by atoms with Gasteiger partial charge < -0.3 is 18.6 Å². The van der Waals surface area contributed by atoms with Crippen molar-refractivity contribution in [3.8, 4) is 17.2 Å². The Hall–Kier alpha value is -3.48. The van der Waals surface area contributed by atoms with Crippen molar-refractivity contribution in [2.24, 2.45) is 5.10 Å². The van der Waals surface area contributed by atoms with Gasteiger partial charge in [-0.3, -0.25) is 4.79 Å². The first kappa shape index (κ1) is 19.3. The van der Waals surface area contributed by atoms with Gasteiger partial charge in [0.15, 0.2) is 28.6 Å². The number of hydrogen-bond donors (Lipinski definition) is 1. The van der Waals surface area contributed by atoms with Gasteiger partial charge in [-0.1, -0.05) is 18.2 Å². The number of methoxy groups -OCH3 is 2. The van der Waals surface area contributed by atoms with Gasteiger partial charge in [0.05, 0.1) is 26.5 Å². The van der Waals surface area contributed by atoms with Gasteiger partial charge in [0, 0.05) is 10.9 Å². The first-order chi connectivity index (χ1) is 13.5. The van der Waals surface area contributed by atoms with Gasteiger partial charge in [-0.25, -0.2) is 5.43 Å². The second-order valence-corrected chi connectivity index (χ2v) is 6.23. The number of nitrogens with one attached hydrogen (secondary N) is 1. The minimum atomic E-state index is -0.469. The van der Waals surface area contributed by atoms with E-state index in [9.17, 15) is 4.79 Å². The zero-order valence-corrected chi connectivity index (χ0v) is 16.2. The van der Waals surface area contributed by atoms with Crippen LogP contribution in [-0.2, 0) is 0 Å². The highest BCUT2D eigenvalue weighted by Crippen LogP contribution is 2.31. The van der Waals surface area contributed by atoms with Crippen LogP contribution >= 0.6 is 0 Å². The Morgan fingerprint density at radius 3 is 2.54 bits per heavy atom. The zero-order chi connectivity index (χ0) is 20.1. The van der Waals surface area contributed by atoms with Gasteiger partial charge in [-0.2, -0.15) is 5.10 Å². The molecule has 0 atom stereocenters. The van der Waals surface area contributed by atoms with E-state index in [1.165, 1.54) is 6.21 Å². The van der Waals surface area contributed by atoms with Gasteiger partial charge in [0.2, 0.25) is 0 Å². The second kappa shape index (κ2) is 8.47. The molecule has 3 rings (SSSR count). The molecule has 0 aliphatic rings. The van der Waals surface area contributed by atoms with E-state index in [0.29, 0.717) is 28.4 Å². The highest BCUT2D eigenvalue weighted by molar-refractivity contribution is 5.97. The van der Waals surface area contributed by atoms with E-state index in [1.807, 2.05) is 38.1 Å². The average molecular weight is 382 g/mol. The maximum Gasteiger partial charge on any atom is 0.307 e. The molecular formula is C21H22N2O5. The standard InChI is InChI=1S/C21H22N2O5/c1-13(2)27-20-15(8-6-10-17(20)26-4)12-22-23-21(24)18-11-14-7-5-9-16(25-3)19(14)28-18/h5-13H,1-4H3,(H,23,24)/b22-12+. The summed E-state index contributed by atoms with van der Waals surface area (Å²) in [6, 6.07) is 12.5. The lowest BCUT2D eigenvalue weighted by Crippen LogP contribution is -2.17. The monoisotopic (exact) mass is 382 g/mol. The fourth-order valence-electron chi connectivity index (χ4n) is 2.68. The number of rotatable bonds is 7. The maximum absolute atomic E-state index is 12.4. The molecule has 0 radical (unpaired) electrons. The third kappa shape index (κ3) is 4.09. The molecule has 1 heterocycles. The predicted molar refractivity (Wildman–Crippen MR) is 107 cm³/mol. The van der Waals surface area contributed by atoms with Crippen LogP contribution in [0.4, 0.5) is 0 Å². The van der Waals surface area contributed by atoms with Crippen molar-refractivity contribution in [1.82, 2.24) is 5.43 Å². The number of para-hydroxylation sites is 2. The number of nitrogens with zero attached hydrogens (tertiary/aromatic N) is 1. The van der Waals surface area contributed by atoms with Crippen LogP contribution in [0.5, 0.6) is 17.2 Å². The van der Waals surface area contributed by atoms with Gasteiger partial charge >= 0.3 is 5.91 Å². The summed E-state index contributed by atoms with van der Waals surface area (Å²) in [5.74, 6) is 1.39. The molecule has 7 nitrogen and oxygen atoms in total. The first-order valence-electron chi connectivity index (χ1n) is 8.77. The maximum atomic E-state index is 12.4. The largest absolute Gasteiger partial charge is 0.493 e. The highest BCUT2D eigenvalue weighted by atomic mass is 16.5. The van der Waals surface area contributed by atoms with Crippen molar-refractivity contribution in [1.29, 1.82) is 0 Å². The number of ether oxygens (including phenoxy) is 3. The summed E-state index contributed by atoms with van der Waals surface area (Å²) in [5, 5.41) is 4.79. The zero-order valence-electron chi connectivity index (χ0n) is 16.2. The third-order valence-electron chi connectivity index (χ3n) is 3.90. The fraction of sp³-hybridized carbons (Fsp3) is 0.238. The van der Waals surface area contributed by atoms with E-state index in [-0.39, 0.29) is 11.9 Å². The summed E-state index contributed by atoms with van der Waals surface area (Å²) in [7, 11) is 3.12. The number of carbonyl (C=O) groups excluding carboxylic acids is 1. The van der Waals surface area contributed by atoms with Crippen LogP contribution in [-0.4, -0.2) is 32.4 Å². The Labute approximate surface area is 162 Å². The quantitative estimate of drug-likeness (QED) is 0.493. The number of benzene rings is 2. The lowest BCUT2D eigenvalue weighted by atomic mass is 10.2. The Balaban J connectivity index is 1.79. The van der Waals surface area contributed by atoms with Gasteiger partial charge in [-0.05, 0) is 38.1 Å². The van der Waals surface area contributed by atoms with E-state index in [4.69, 9.17) is 18.6 Å². The van der Waals surface area contributed by atoms with Crippen LogP contribution in [0.25, 0.3) is 11.0 Å². The molecule has 0 bridgehead atoms. The Kier molecular flexibility index (Phi) is 5.84. The number of furan rings is 1. The molecule has 0 fully saturated rings. The molecule has 3 aromatic rings. The summed E-state index contributed by atoms with van der Waals surface area (Å²) in [4.78, 5) is 12.4. The van der Waals surface area contributed by atoms with Crippen LogP contribution in [0.15, 0.2) is 52.0 Å². The number of carbonyl (C=O) groups is 1. The molecule has 146 valence electrons. The van der Waals surface area contributed by atoms with Crippen molar-refractivity contribution < 1.29 is 23.4 Å². The summed E-state index contributed by atoms with van der Waals surface area (Å²) in [5.41, 5.74) is 3.66. The fourth-order valence-corrected chi connectivity index (χ4v) is 2.68. The molecule has 0 aliphatic heterocycles. The van der Waals surface area contributed by atoms with E-state index in [2.05, 4.69) is 10.5 Å². The smallest absolute Gasteiger partial charge is 0.307 e. The molecular weight excluding hydrogens is 360 g/mol. The predicted octanol–water partition coefficient (Wildman–Crippen LogP) is 4.00. The summed E-state index contributed by atoms with van der Waals surface area (Å²) in [6.45, 7) is 3.84. The van der Waals surface area contributed by atoms with Crippen molar-refractivity contribution in [2.75, 3.05) is 14.2 Å². The highest BCUT2D eigenvalue weighted by Gasteiger charge is 2.15. The van der Waals surface area contributed by atoms with Crippen LogP contribution in [0.3, 0.4) is 0 Å². The Morgan fingerprint density at radius 1 is 1.11 bits per heavy atom. The molecule has 0 saturated carbocycles. The van der Waals surface area contributed by atoms with Crippen molar-refractivity contribution in [3.63, 3.8) is 0 Å². The van der Waals surface area contributed by atoms with Crippen molar-refractivity contribution >= 4 is 23.1 Å². The Bertz CT molecular complexity index is 1010. The number of hydrogen-bond acceptors (Lipinski definition) is 6. The average Bonchev–Trinajstić information content (AvgIpc) is 3.13. The molecule has 0 aliphatic carbocycles. The number of amides is 1. The molecule has 2 aromatic carbocycles. The number of hydrazone groups is 1. The Morgan fingerprint density at radius 2 is 1.82 bits per heavy atom. The van der Waals surface area contributed by atoms with Gasteiger partial charge in [-0.15, -0.1) is 0 Å². The van der Waals surface area contributed by atoms with Gasteiger partial charge in [0.25, 0.3) is 0 Å². The molecule has 1 N–H and O–H groups in total. The van der Waals surface area contributed by atoms with Crippen LogP contribution < -0.4 is 19.6 Å². The molecule has 0 spiro atoms. The molecule has 7 heteroatoms. The van der Waals surface area contributed by atoms with E-state index >= 15 is 0 Å². The van der Waals surface area contributed by atoms with Crippen LogP contribution in [0.2, 0.25) is 0 Å². The third-order valence-corrected chi connectivity index (χ3v) is 3.90. The normalized spacial score (nSPS) is 11.2. The van der Waals surface area contributed by atoms with E-state index < -0.39 is 5.91 Å². The molecule has 1 amide bonds. The van der Waals surface area contributed by atoms with Crippen molar-refractivity contribution in [2.45, 2.75) is 20.0 Å². The second-order valence-electron chi connectivity index (χ2n) is 6.23. The molecule has 0 unspecified atom stereocenters. The lowest BCUT2D eigenvalue weighted by molar-refractivity contribution is 0.0929. The molecule has 0 saturated heterocycles. The minimum absolute atomic E-state index is 0.0384. The first-order valence-corrected chi connectivity index (χ1v) is 8.77. The number of fused-ring (bicyclic) bond motifs is 1. The summed E-state index contributed by atoms with van der Waals surface area (Å²) in [6.07, 6.45) is 1.46. The van der Waals surface area contributed by atoms with Crippen LogP contribution in [0.1, 0.15) is 30.0 Å².